The van der Waals surface area contributed by atoms with Crippen molar-refractivity contribution in [2.24, 2.45) is 0 Å². The van der Waals surface area contributed by atoms with Crippen LogP contribution in [0.1, 0.15) is 0 Å². The lowest BCUT2D eigenvalue weighted by Crippen LogP contribution is -1.93. The van der Waals surface area contributed by atoms with Crippen molar-refractivity contribution in [3.63, 3.8) is 0 Å². The molecule has 7 rings (SSSR count). The molecule has 0 bridgehead atoms. The molecule has 0 unspecified atom stereocenters. The van der Waals surface area contributed by atoms with Crippen molar-refractivity contribution in [3.05, 3.63) is 97.2 Å². The quantitative estimate of drug-likeness (QED) is 0.276. The van der Waals surface area contributed by atoms with Gasteiger partial charge in [-0.25, -0.2) is 0 Å². The molecule has 0 spiro atoms. The molecule has 0 saturated carbocycles. The Kier molecular flexibility index (Phi) is 3.18. The van der Waals surface area contributed by atoms with Crippen LogP contribution >= 0.6 is 11.3 Å². The number of para-hydroxylation sites is 2. The molecule has 3 heteroatoms. The second-order valence-corrected chi connectivity index (χ2v) is 8.67. The summed E-state index contributed by atoms with van der Waals surface area (Å²) in [5.74, 6) is 0. The van der Waals surface area contributed by atoms with E-state index in [1.54, 1.807) is 0 Å². The van der Waals surface area contributed by atoms with Gasteiger partial charge >= 0.3 is 0 Å². The second-order valence-electron chi connectivity index (χ2n) is 7.61. The molecule has 30 heavy (non-hydrogen) atoms. The lowest BCUT2D eigenvalue weighted by Gasteiger charge is -2.09. The highest BCUT2D eigenvalue weighted by Gasteiger charge is 2.21. The fraction of sp³-hybridized carbons (Fsp3) is 0. The summed E-state index contributed by atoms with van der Waals surface area (Å²) in [4.78, 5) is 4.89. The van der Waals surface area contributed by atoms with Gasteiger partial charge < -0.3 is 4.57 Å². The number of thiophene rings is 1. The minimum absolute atomic E-state index is 1.08. The fourth-order valence-electron chi connectivity index (χ4n) is 4.83. The Hall–Kier alpha value is -3.69. The highest BCUT2D eigenvalue weighted by Crippen LogP contribution is 2.46. The lowest BCUT2D eigenvalue weighted by atomic mass is 10.0. The van der Waals surface area contributed by atoms with Crippen LogP contribution in [0.4, 0.5) is 0 Å². The molecule has 0 fully saturated rings. The number of fused-ring (bicyclic) bond motifs is 10. The molecule has 2 nitrogen and oxygen atoms in total. The van der Waals surface area contributed by atoms with Crippen molar-refractivity contribution >= 4 is 64.2 Å². The third-order valence-electron chi connectivity index (χ3n) is 6.01. The molecule has 0 aliphatic carbocycles. The van der Waals surface area contributed by atoms with Gasteiger partial charge in [-0.15, -0.1) is 11.3 Å². The van der Waals surface area contributed by atoms with Crippen LogP contribution in [0.15, 0.2) is 97.2 Å². The lowest BCUT2D eigenvalue weighted by molar-refractivity contribution is 1.19. The molecule has 140 valence electrons. The molecule has 0 saturated heterocycles. The molecular formula is C27H16N2S. The van der Waals surface area contributed by atoms with E-state index in [1.165, 1.54) is 53.1 Å². The van der Waals surface area contributed by atoms with E-state index in [1.807, 2.05) is 17.5 Å². The highest BCUT2D eigenvalue weighted by molar-refractivity contribution is 7.27. The minimum Gasteiger partial charge on any atom is -0.308 e. The first-order chi connectivity index (χ1) is 14.9. The SMILES string of the molecule is c1ccc(-n2c3ccccc3c3c4ncccc4c4c5ccccc5sc4c32)cc1. The summed E-state index contributed by atoms with van der Waals surface area (Å²) >= 11 is 1.88. The molecule has 0 radical (unpaired) electrons. The topological polar surface area (TPSA) is 17.8 Å². The average Bonchev–Trinajstić information content (AvgIpc) is 3.36. The predicted octanol–water partition coefficient (Wildman–Crippen LogP) is 7.70. The zero-order valence-electron chi connectivity index (χ0n) is 16.0. The van der Waals surface area contributed by atoms with E-state index >= 15 is 0 Å². The van der Waals surface area contributed by atoms with Gasteiger partial charge in [0, 0.05) is 43.5 Å². The van der Waals surface area contributed by atoms with E-state index < -0.39 is 0 Å². The summed E-state index contributed by atoms with van der Waals surface area (Å²) in [5, 5.41) is 6.34. The third-order valence-corrected chi connectivity index (χ3v) is 7.19. The number of pyridine rings is 1. The highest BCUT2D eigenvalue weighted by atomic mass is 32.1. The van der Waals surface area contributed by atoms with Crippen molar-refractivity contribution in [1.82, 2.24) is 9.55 Å². The largest absolute Gasteiger partial charge is 0.308 e. The summed E-state index contributed by atoms with van der Waals surface area (Å²) in [6.45, 7) is 0. The fourth-order valence-corrected chi connectivity index (χ4v) is 6.08. The summed E-state index contributed by atoms with van der Waals surface area (Å²) < 4.78 is 5.05. The number of rotatable bonds is 1. The molecule has 0 amide bonds. The predicted molar refractivity (Wildman–Crippen MR) is 129 cm³/mol. The van der Waals surface area contributed by atoms with Crippen LogP contribution in [0, 0.1) is 0 Å². The molecule has 0 aliphatic rings. The van der Waals surface area contributed by atoms with Crippen LogP contribution in [0.2, 0.25) is 0 Å². The zero-order valence-corrected chi connectivity index (χ0v) is 16.9. The maximum atomic E-state index is 4.89. The average molecular weight is 401 g/mol. The van der Waals surface area contributed by atoms with Crippen LogP contribution in [0.3, 0.4) is 0 Å². The van der Waals surface area contributed by atoms with Crippen LogP contribution in [0.25, 0.3) is 58.6 Å². The standard InChI is InChI=1S/C27H16N2S/c1-2-9-17(10-3-1)29-21-14-6-4-11-18(21)24-25-20(13-8-16-28-25)23-19-12-5-7-15-22(19)30-27(23)26(24)29/h1-16H. The molecule has 0 N–H and O–H groups in total. The molecular weight excluding hydrogens is 384 g/mol. The van der Waals surface area contributed by atoms with Gasteiger partial charge in [0.15, 0.2) is 0 Å². The monoisotopic (exact) mass is 400 g/mol. The first-order valence-corrected chi connectivity index (χ1v) is 10.9. The molecule has 3 aromatic heterocycles. The van der Waals surface area contributed by atoms with Gasteiger partial charge in [0.05, 0.1) is 21.3 Å². The zero-order chi connectivity index (χ0) is 19.7. The Labute approximate surface area is 176 Å². The molecule has 3 heterocycles. The number of nitrogens with zero attached hydrogens (tertiary/aromatic N) is 2. The number of hydrogen-bond acceptors (Lipinski definition) is 2. The van der Waals surface area contributed by atoms with Gasteiger partial charge in [-0.2, -0.15) is 0 Å². The van der Waals surface area contributed by atoms with Crippen LogP contribution in [0.5, 0.6) is 0 Å². The summed E-state index contributed by atoms with van der Waals surface area (Å²) in [6, 6.07) is 32.4. The third kappa shape index (κ3) is 2.00. The van der Waals surface area contributed by atoms with Crippen molar-refractivity contribution in [3.8, 4) is 5.69 Å². The molecule has 7 aromatic rings. The van der Waals surface area contributed by atoms with E-state index in [2.05, 4.69) is 95.6 Å². The number of benzene rings is 4. The minimum atomic E-state index is 1.08. The van der Waals surface area contributed by atoms with Gasteiger partial charge in [0.1, 0.15) is 0 Å². The van der Waals surface area contributed by atoms with Crippen molar-refractivity contribution in [2.75, 3.05) is 0 Å². The Morgan fingerprint density at radius 1 is 0.633 bits per heavy atom. The van der Waals surface area contributed by atoms with E-state index in [-0.39, 0.29) is 0 Å². The van der Waals surface area contributed by atoms with Gasteiger partial charge in [-0.05, 0) is 30.3 Å². The maximum Gasteiger partial charge on any atom is 0.0809 e. The van der Waals surface area contributed by atoms with E-state index in [0.717, 1.165) is 5.52 Å². The van der Waals surface area contributed by atoms with Crippen LogP contribution in [-0.4, -0.2) is 9.55 Å². The normalized spacial score (nSPS) is 12.0. The van der Waals surface area contributed by atoms with Crippen LogP contribution in [-0.2, 0) is 0 Å². The van der Waals surface area contributed by atoms with Crippen molar-refractivity contribution in [2.45, 2.75) is 0 Å². The van der Waals surface area contributed by atoms with E-state index in [4.69, 9.17) is 4.98 Å². The maximum absolute atomic E-state index is 4.89. The first-order valence-electron chi connectivity index (χ1n) is 10.1. The van der Waals surface area contributed by atoms with E-state index in [0.29, 0.717) is 0 Å². The molecule has 4 aromatic carbocycles. The number of hydrogen-bond donors (Lipinski definition) is 0. The Morgan fingerprint density at radius 2 is 1.37 bits per heavy atom. The van der Waals surface area contributed by atoms with Gasteiger partial charge in [0.2, 0.25) is 0 Å². The summed E-state index contributed by atoms with van der Waals surface area (Å²) in [5.41, 5.74) is 4.73. The first kappa shape index (κ1) is 16.1. The molecule has 0 atom stereocenters. The Balaban J connectivity index is 1.89. The second kappa shape index (κ2) is 5.91. The van der Waals surface area contributed by atoms with Crippen molar-refractivity contribution < 1.29 is 0 Å². The molecule has 0 aliphatic heterocycles. The number of aromatic nitrogens is 2. The van der Waals surface area contributed by atoms with Crippen molar-refractivity contribution in [1.29, 1.82) is 0 Å². The van der Waals surface area contributed by atoms with Gasteiger partial charge in [0.25, 0.3) is 0 Å². The van der Waals surface area contributed by atoms with E-state index in [9.17, 15) is 0 Å². The summed E-state index contributed by atoms with van der Waals surface area (Å²) in [6.07, 6.45) is 1.91. The summed E-state index contributed by atoms with van der Waals surface area (Å²) in [7, 11) is 0. The van der Waals surface area contributed by atoms with Gasteiger partial charge in [-0.3, -0.25) is 4.98 Å². The Morgan fingerprint density at radius 3 is 2.27 bits per heavy atom. The Bertz CT molecular complexity index is 1740. The van der Waals surface area contributed by atoms with Crippen LogP contribution < -0.4 is 0 Å². The smallest absolute Gasteiger partial charge is 0.0809 e. The van der Waals surface area contributed by atoms with Gasteiger partial charge in [-0.1, -0.05) is 60.7 Å².